The van der Waals surface area contributed by atoms with Gasteiger partial charge in [-0.2, -0.15) is 11.8 Å². The SMILES string of the molecule is CCCCCCCCCCCCCCCC(=O)OCC(CSC[C@H](CC(=O)OC(C)(C)C)C(=O)O)OC(=O)CCCCCCCCCCCCCCC. The van der Waals surface area contributed by atoms with Crippen LogP contribution < -0.4 is 0 Å². The summed E-state index contributed by atoms with van der Waals surface area (Å²) in [5.41, 5.74) is -0.698. The molecule has 2 atom stereocenters. The summed E-state index contributed by atoms with van der Waals surface area (Å²) in [6.07, 6.45) is 31.7. The molecular weight excluding hydrogens is 689 g/mol. The van der Waals surface area contributed by atoms with Crippen molar-refractivity contribution in [1.29, 1.82) is 0 Å². The van der Waals surface area contributed by atoms with Gasteiger partial charge in [0.2, 0.25) is 0 Å². The van der Waals surface area contributed by atoms with Gasteiger partial charge in [0.15, 0.2) is 0 Å². The molecular formula is C44H82O8S. The lowest BCUT2D eigenvalue weighted by Gasteiger charge is -2.21. The van der Waals surface area contributed by atoms with E-state index in [9.17, 15) is 24.3 Å². The molecule has 0 aliphatic carbocycles. The van der Waals surface area contributed by atoms with Crippen LogP contribution in [0.2, 0.25) is 0 Å². The van der Waals surface area contributed by atoms with Gasteiger partial charge in [0.1, 0.15) is 18.3 Å². The van der Waals surface area contributed by atoms with E-state index in [1.807, 2.05) is 0 Å². The third-order valence-corrected chi connectivity index (χ3v) is 10.7. The molecule has 0 amide bonds. The van der Waals surface area contributed by atoms with Gasteiger partial charge >= 0.3 is 23.9 Å². The fourth-order valence-corrected chi connectivity index (χ4v) is 7.45. The Labute approximate surface area is 329 Å². The van der Waals surface area contributed by atoms with E-state index in [0.29, 0.717) is 12.8 Å². The fraction of sp³-hybridized carbons (Fsp3) is 0.909. The van der Waals surface area contributed by atoms with Crippen molar-refractivity contribution in [2.24, 2.45) is 5.92 Å². The van der Waals surface area contributed by atoms with E-state index in [-0.39, 0.29) is 36.5 Å². The lowest BCUT2D eigenvalue weighted by Crippen LogP contribution is -2.30. The molecule has 0 heterocycles. The van der Waals surface area contributed by atoms with E-state index in [2.05, 4.69) is 13.8 Å². The number of unbranched alkanes of at least 4 members (excludes halogenated alkanes) is 24. The number of carboxylic acids is 1. The summed E-state index contributed by atoms with van der Waals surface area (Å²) < 4.78 is 16.6. The predicted octanol–water partition coefficient (Wildman–Crippen LogP) is 12.6. The van der Waals surface area contributed by atoms with Gasteiger partial charge in [-0.05, 0) is 33.6 Å². The highest BCUT2D eigenvalue weighted by atomic mass is 32.2. The second-order valence-corrected chi connectivity index (χ2v) is 17.2. The summed E-state index contributed by atoms with van der Waals surface area (Å²) in [6, 6.07) is 0. The van der Waals surface area contributed by atoms with E-state index < -0.39 is 29.6 Å². The van der Waals surface area contributed by atoms with Crippen LogP contribution in [0.3, 0.4) is 0 Å². The standard InChI is InChI=1S/C44H82O8S/c1-6-8-10-12-14-16-18-20-22-24-26-28-30-32-40(45)50-35-39(37-53-36-38(43(48)49)34-42(47)52-44(3,4)5)51-41(46)33-31-29-27-25-23-21-19-17-15-13-11-9-7-2/h38-39H,6-37H2,1-5H3,(H,48,49)/t38-,39?/m0/s1. The molecule has 0 aromatic heterocycles. The van der Waals surface area contributed by atoms with Crippen molar-refractivity contribution in [3.05, 3.63) is 0 Å². The molecule has 0 aliphatic heterocycles. The Morgan fingerprint density at radius 1 is 0.528 bits per heavy atom. The van der Waals surface area contributed by atoms with Gasteiger partial charge in [0.05, 0.1) is 12.3 Å². The summed E-state index contributed by atoms with van der Waals surface area (Å²) in [4.78, 5) is 49.5. The molecule has 1 unspecified atom stereocenters. The predicted molar refractivity (Wildman–Crippen MR) is 220 cm³/mol. The average molecular weight is 771 g/mol. The zero-order chi connectivity index (χ0) is 39.4. The van der Waals surface area contributed by atoms with Crippen LogP contribution in [0.4, 0.5) is 0 Å². The van der Waals surface area contributed by atoms with Gasteiger partial charge in [0.25, 0.3) is 0 Å². The number of hydrogen-bond donors (Lipinski definition) is 1. The van der Waals surface area contributed by atoms with Crippen LogP contribution in [0.25, 0.3) is 0 Å². The van der Waals surface area contributed by atoms with Gasteiger partial charge in [0, 0.05) is 24.3 Å². The highest BCUT2D eigenvalue weighted by molar-refractivity contribution is 7.99. The van der Waals surface area contributed by atoms with Crippen LogP contribution >= 0.6 is 11.8 Å². The molecule has 0 aromatic carbocycles. The summed E-state index contributed by atoms with van der Waals surface area (Å²) in [5.74, 6) is -2.78. The third kappa shape index (κ3) is 37.0. The molecule has 0 bridgehead atoms. The van der Waals surface area contributed by atoms with Gasteiger partial charge < -0.3 is 19.3 Å². The largest absolute Gasteiger partial charge is 0.481 e. The maximum Gasteiger partial charge on any atom is 0.307 e. The third-order valence-electron chi connectivity index (χ3n) is 9.50. The van der Waals surface area contributed by atoms with Crippen molar-refractivity contribution in [3.8, 4) is 0 Å². The van der Waals surface area contributed by atoms with Gasteiger partial charge in [-0.25, -0.2) is 0 Å². The molecule has 0 radical (unpaired) electrons. The Morgan fingerprint density at radius 2 is 0.906 bits per heavy atom. The summed E-state index contributed by atoms with van der Waals surface area (Å²) in [5, 5.41) is 9.70. The number of ether oxygens (including phenoxy) is 3. The van der Waals surface area contributed by atoms with Crippen molar-refractivity contribution >= 4 is 35.6 Å². The molecule has 0 spiro atoms. The van der Waals surface area contributed by atoms with Crippen LogP contribution in [-0.4, -0.2) is 58.8 Å². The highest BCUT2D eigenvalue weighted by Crippen LogP contribution is 2.20. The van der Waals surface area contributed by atoms with Crippen molar-refractivity contribution < 1.29 is 38.5 Å². The lowest BCUT2D eigenvalue weighted by molar-refractivity contribution is -0.159. The topological polar surface area (TPSA) is 116 Å². The van der Waals surface area contributed by atoms with Crippen LogP contribution in [-0.2, 0) is 33.4 Å². The molecule has 9 heteroatoms. The number of carbonyl (C=O) groups is 4. The van der Waals surface area contributed by atoms with E-state index in [1.165, 1.54) is 140 Å². The monoisotopic (exact) mass is 771 g/mol. The molecule has 53 heavy (non-hydrogen) atoms. The zero-order valence-corrected chi connectivity index (χ0v) is 35.8. The number of thioether (sulfide) groups is 1. The van der Waals surface area contributed by atoms with Crippen LogP contribution in [0.5, 0.6) is 0 Å². The molecule has 312 valence electrons. The van der Waals surface area contributed by atoms with Crippen molar-refractivity contribution in [2.75, 3.05) is 18.1 Å². The van der Waals surface area contributed by atoms with Crippen molar-refractivity contribution in [3.63, 3.8) is 0 Å². The number of carboxylic acid groups (broad SMARTS) is 1. The zero-order valence-electron chi connectivity index (χ0n) is 35.0. The molecule has 8 nitrogen and oxygen atoms in total. The molecule has 0 aromatic rings. The molecule has 0 rings (SSSR count). The van der Waals surface area contributed by atoms with E-state index >= 15 is 0 Å². The minimum absolute atomic E-state index is 0.0571. The number of aliphatic carboxylic acids is 1. The summed E-state index contributed by atoms with van der Waals surface area (Å²) in [7, 11) is 0. The number of carbonyl (C=O) groups excluding carboxylic acids is 3. The van der Waals surface area contributed by atoms with Gasteiger partial charge in [-0.3, -0.25) is 19.2 Å². The lowest BCUT2D eigenvalue weighted by atomic mass is 10.0. The molecule has 0 aliphatic rings. The van der Waals surface area contributed by atoms with Crippen molar-refractivity contribution in [2.45, 2.75) is 233 Å². The van der Waals surface area contributed by atoms with Gasteiger partial charge in [-0.15, -0.1) is 0 Å². The van der Waals surface area contributed by atoms with E-state index in [4.69, 9.17) is 14.2 Å². The van der Waals surface area contributed by atoms with Crippen LogP contribution in [0.1, 0.15) is 221 Å². The van der Waals surface area contributed by atoms with Crippen LogP contribution in [0, 0.1) is 5.92 Å². The highest BCUT2D eigenvalue weighted by Gasteiger charge is 2.26. The molecule has 0 saturated carbocycles. The summed E-state index contributed by atoms with van der Waals surface area (Å²) >= 11 is 1.28. The first-order valence-corrected chi connectivity index (χ1v) is 23.0. The second kappa shape index (κ2) is 35.9. The molecule has 1 N–H and O–H groups in total. The van der Waals surface area contributed by atoms with E-state index in [1.54, 1.807) is 20.8 Å². The van der Waals surface area contributed by atoms with Crippen molar-refractivity contribution in [1.82, 2.24) is 0 Å². The number of hydrogen-bond acceptors (Lipinski definition) is 8. The fourth-order valence-electron chi connectivity index (χ4n) is 6.34. The Bertz CT molecular complexity index is 902. The maximum absolute atomic E-state index is 12.8. The first kappa shape index (κ1) is 51.2. The second-order valence-electron chi connectivity index (χ2n) is 16.1. The first-order valence-electron chi connectivity index (χ1n) is 21.9. The van der Waals surface area contributed by atoms with Gasteiger partial charge in [-0.1, -0.05) is 168 Å². The van der Waals surface area contributed by atoms with Crippen LogP contribution in [0.15, 0.2) is 0 Å². The molecule has 0 fully saturated rings. The Balaban J connectivity index is 4.54. The number of esters is 3. The summed E-state index contributed by atoms with van der Waals surface area (Å²) in [6.45, 7) is 9.67. The smallest absolute Gasteiger partial charge is 0.307 e. The minimum atomic E-state index is -1.08. The Kier molecular flexibility index (Phi) is 34.7. The average Bonchev–Trinajstić information content (AvgIpc) is 3.09. The van der Waals surface area contributed by atoms with E-state index in [0.717, 1.165) is 38.5 Å². The quantitative estimate of drug-likeness (QED) is 0.0372. The Morgan fingerprint density at radius 3 is 1.28 bits per heavy atom. The maximum atomic E-state index is 12.8. The minimum Gasteiger partial charge on any atom is -0.481 e. The first-order chi connectivity index (χ1) is 25.5. The molecule has 0 saturated heterocycles. The number of rotatable bonds is 38. The normalized spacial score (nSPS) is 12.7. The Hall–Kier alpha value is -1.77.